The maximum atomic E-state index is 14.2. The van der Waals surface area contributed by atoms with E-state index in [4.69, 9.17) is 4.74 Å². The Balaban J connectivity index is 1.62. The van der Waals surface area contributed by atoms with Crippen LogP contribution in [0.1, 0.15) is 36.8 Å². The first-order chi connectivity index (χ1) is 12.8. The van der Waals surface area contributed by atoms with Gasteiger partial charge in [-0.1, -0.05) is 11.3 Å². The van der Waals surface area contributed by atoms with Gasteiger partial charge in [-0.25, -0.2) is 9.07 Å². The number of hydrogen-bond donors (Lipinski definition) is 1. The summed E-state index contributed by atoms with van der Waals surface area (Å²) in [6.45, 7) is 6.04. The average Bonchev–Trinajstić information content (AvgIpc) is 3.13. The number of halogens is 1. The number of rotatable bonds is 5. The number of aromatic nitrogens is 4. The minimum atomic E-state index is -0.524. The van der Waals surface area contributed by atoms with Crippen molar-refractivity contribution in [2.24, 2.45) is 0 Å². The summed E-state index contributed by atoms with van der Waals surface area (Å²) in [5.41, 5.74) is 0.545. The van der Waals surface area contributed by atoms with Crippen LogP contribution in [0.5, 0.6) is 11.5 Å². The third kappa shape index (κ3) is 4.66. The van der Waals surface area contributed by atoms with Crippen molar-refractivity contribution >= 4 is 5.91 Å². The molecule has 0 radical (unpaired) electrons. The molecule has 27 heavy (non-hydrogen) atoms. The highest BCUT2D eigenvalue weighted by Gasteiger charge is 2.18. The number of benzene rings is 1. The van der Waals surface area contributed by atoms with E-state index in [1.54, 1.807) is 35.3 Å². The molecule has 0 fully saturated rings. The normalized spacial score (nSPS) is 11.3. The lowest BCUT2D eigenvalue weighted by Crippen LogP contribution is -2.24. The Morgan fingerprint density at radius 3 is 2.74 bits per heavy atom. The van der Waals surface area contributed by atoms with Crippen molar-refractivity contribution in [2.75, 3.05) is 0 Å². The molecule has 8 heteroatoms. The molecule has 7 nitrogen and oxygen atoms in total. The average molecular weight is 369 g/mol. The zero-order valence-electron chi connectivity index (χ0n) is 15.3. The van der Waals surface area contributed by atoms with E-state index in [1.807, 2.05) is 20.8 Å². The van der Waals surface area contributed by atoms with Crippen LogP contribution < -0.4 is 10.1 Å². The Hall–Kier alpha value is -3.29. The van der Waals surface area contributed by atoms with Gasteiger partial charge in [-0.15, -0.1) is 5.10 Å². The van der Waals surface area contributed by atoms with Gasteiger partial charge in [0.1, 0.15) is 5.75 Å². The van der Waals surface area contributed by atoms with Crippen LogP contribution in [-0.2, 0) is 12.1 Å². The molecule has 2 aromatic heterocycles. The molecule has 0 bridgehead atoms. The maximum absolute atomic E-state index is 14.2. The van der Waals surface area contributed by atoms with Crippen molar-refractivity contribution in [3.05, 3.63) is 66.0 Å². The summed E-state index contributed by atoms with van der Waals surface area (Å²) in [6.07, 6.45) is 4.69. The molecule has 1 N–H and O–H groups in total. The smallest absolute Gasteiger partial charge is 0.273 e. The monoisotopic (exact) mass is 369 g/mol. The molecule has 0 unspecified atom stereocenters. The molecular weight excluding hydrogens is 349 g/mol. The number of carbonyl (C=O) groups is 1. The summed E-state index contributed by atoms with van der Waals surface area (Å²) in [5.74, 6) is -0.364. The van der Waals surface area contributed by atoms with Gasteiger partial charge in [-0.05, 0) is 50.6 Å². The van der Waals surface area contributed by atoms with Crippen LogP contribution >= 0.6 is 0 Å². The van der Waals surface area contributed by atoms with Crippen LogP contribution in [0, 0.1) is 5.82 Å². The molecule has 140 valence electrons. The minimum absolute atomic E-state index is 0.0891. The third-order valence-electron chi connectivity index (χ3n) is 3.72. The summed E-state index contributed by atoms with van der Waals surface area (Å²) >= 11 is 0. The van der Waals surface area contributed by atoms with Crippen LogP contribution in [0.25, 0.3) is 0 Å². The Kier molecular flexibility index (Phi) is 5.16. The van der Waals surface area contributed by atoms with Crippen LogP contribution in [0.15, 0.2) is 48.9 Å². The van der Waals surface area contributed by atoms with Gasteiger partial charge in [0.2, 0.25) is 0 Å². The number of pyridine rings is 1. The molecule has 1 aromatic carbocycles. The first-order valence-electron chi connectivity index (χ1n) is 8.40. The van der Waals surface area contributed by atoms with E-state index in [1.165, 1.54) is 18.3 Å². The number of hydrogen-bond acceptors (Lipinski definition) is 5. The largest absolute Gasteiger partial charge is 0.453 e. The zero-order valence-corrected chi connectivity index (χ0v) is 15.3. The zero-order chi connectivity index (χ0) is 19.4. The summed E-state index contributed by atoms with van der Waals surface area (Å²) in [7, 11) is 0. The molecule has 0 atom stereocenters. The lowest BCUT2D eigenvalue weighted by Gasteiger charge is -2.17. The van der Waals surface area contributed by atoms with E-state index in [-0.39, 0.29) is 29.4 Å². The van der Waals surface area contributed by atoms with E-state index in [0.717, 1.165) is 0 Å². The van der Waals surface area contributed by atoms with E-state index in [9.17, 15) is 9.18 Å². The molecule has 2 heterocycles. The Morgan fingerprint density at radius 1 is 1.30 bits per heavy atom. The second kappa shape index (κ2) is 7.53. The number of nitrogens with zero attached hydrogens (tertiary/aromatic N) is 4. The van der Waals surface area contributed by atoms with E-state index in [2.05, 4.69) is 20.6 Å². The van der Waals surface area contributed by atoms with Gasteiger partial charge >= 0.3 is 0 Å². The fraction of sp³-hybridized carbons (Fsp3) is 0.263. The molecule has 0 aliphatic heterocycles. The number of amides is 1. The summed E-state index contributed by atoms with van der Waals surface area (Å²) < 4.78 is 21.3. The molecule has 0 aliphatic carbocycles. The molecule has 1 amide bonds. The van der Waals surface area contributed by atoms with E-state index in [0.29, 0.717) is 11.3 Å². The van der Waals surface area contributed by atoms with Crippen LogP contribution in [0.2, 0.25) is 0 Å². The van der Waals surface area contributed by atoms with Gasteiger partial charge in [-0.2, -0.15) is 0 Å². The maximum Gasteiger partial charge on any atom is 0.273 e. The number of carbonyl (C=O) groups excluding carboxylic acids is 1. The van der Waals surface area contributed by atoms with Gasteiger partial charge < -0.3 is 10.1 Å². The topological polar surface area (TPSA) is 81.9 Å². The lowest BCUT2D eigenvalue weighted by atomic mass is 10.1. The molecule has 0 saturated carbocycles. The van der Waals surface area contributed by atoms with Crippen molar-refractivity contribution in [1.29, 1.82) is 0 Å². The van der Waals surface area contributed by atoms with Crippen LogP contribution in [0.4, 0.5) is 4.39 Å². The second-order valence-electron chi connectivity index (χ2n) is 6.96. The molecule has 0 aliphatic rings. The van der Waals surface area contributed by atoms with Crippen LogP contribution in [-0.4, -0.2) is 25.9 Å². The Morgan fingerprint density at radius 2 is 2.11 bits per heavy atom. The minimum Gasteiger partial charge on any atom is -0.453 e. The number of nitrogens with one attached hydrogen (secondary N) is 1. The van der Waals surface area contributed by atoms with E-state index < -0.39 is 5.82 Å². The van der Waals surface area contributed by atoms with Crippen LogP contribution in [0.3, 0.4) is 0 Å². The Labute approximate surface area is 156 Å². The van der Waals surface area contributed by atoms with Gasteiger partial charge in [0.15, 0.2) is 17.3 Å². The van der Waals surface area contributed by atoms with E-state index >= 15 is 0 Å². The molecule has 0 spiro atoms. The quantitative estimate of drug-likeness (QED) is 0.746. The van der Waals surface area contributed by atoms with Gasteiger partial charge in [0.25, 0.3) is 5.91 Å². The first-order valence-corrected chi connectivity index (χ1v) is 8.40. The van der Waals surface area contributed by atoms with Gasteiger partial charge in [-0.3, -0.25) is 9.78 Å². The standard InChI is InChI=1S/C19H20FN5O2/c1-19(2,3)25-12-16(23-24-25)18(26)22-10-13-6-7-17(15(20)9-13)27-14-5-4-8-21-11-14/h4-9,11-12H,10H2,1-3H3,(H,22,26). The fourth-order valence-corrected chi connectivity index (χ4v) is 2.24. The summed E-state index contributed by atoms with van der Waals surface area (Å²) in [4.78, 5) is 16.1. The van der Waals surface area contributed by atoms with Gasteiger partial charge in [0.05, 0.1) is 17.9 Å². The first kappa shape index (κ1) is 18.5. The molecule has 3 aromatic rings. The predicted octanol–water partition coefficient (Wildman–Crippen LogP) is 3.29. The Bertz CT molecular complexity index is 935. The highest BCUT2D eigenvalue weighted by molar-refractivity contribution is 5.91. The highest BCUT2D eigenvalue weighted by atomic mass is 19.1. The highest BCUT2D eigenvalue weighted by Crippen LogP contribution is 2.24. The second-order valence-corrected chi connectivity index (χ2v) is 6.96. The summed E-state index contributed by atoms with van der Waals surface area (Å²) in [5, 5.41) is 10.5. The summed E-state index contributed by atoms with van der Waals surface area (Å²) in [6, 6.07) is 7.90. The number of ether oxygens (including phenoxy) is 1. The molecular formula is C19H20FN5O2. The molecule has 3 rings (SSSR count). The SMILES string of the molecule is CC(C)(C)n1cc(C(=O)NCc2ccc(Oc3cccnc3)c(F)c2)nn1. The van der Waals surface area contributed by atoms with Crippen molar-refractivity contribution in [3.8, 4) is 11.5 Å². The van der Waals surface area contributed by atoms with Crippen molar-refractivity contribution in [1.82, 2.24) is 25.3 Å². The lowest BCUT2D eigenvalue weighted by molar-refractivity contribution is 0.0945. The fourth-order valence-electron chi connectivity index (χ4n) is 2.24. The van der Waals surface area contributed by atoms with Crippen molar-refractivity contribution in [2.45, 2.75) is 32.9 Å². The van der Waals surface area contributed by atoms with Gasteiger partial charge in [0, 0.05) is 12.7 Å². The van der Waals surface area contributed by atoms with Crippen molar-refractivity contribution < 1.29 is 13.9 Å². The third-order valence-corrected chi connectivity index (χ3v) is 3.72. The van der Waals surface area contributed by atoms with Crippen molar-refractivity contribution in [3.63, 3.8) is 0 Å². The molecule has 0 saturated heterocycles. The predicted molar refractivity (Wildman–Crippen MR) is 96.9 cm³/mol.